The first-order chi connectivity index (χ1) is 11.5. The minimum absolute atomic E-state index is 0.457. The minimum atomic E-state index is 0.457. The van der Waals surface area contributed by atoms with Crippen LogP contribution in [0.4, 0.5) is 0 Å². The molecule has 1 aliphatic rings. The van der Waals surface area contributed by atoms with E-state index in [2.05, 4.69) is 39.9 Å². The minimum Gasteiger partial charge on any atom is -0.266 e. The van der Waals surface area contributed by atoms with E-state index in [9.17, 15) is 0 Å². The number of hydrogen-bond donors (Lipinski definition) is 2. The van der Waals surface area contributed by atoms with Crippen molar-refractivity contribution in [2.24, 2.45) is 23.6 Å². The van der Waals surface area contributed by atoms with Crippen LogP contribution in [0, 0.1) is 17.8 Å². The highest BCUT2D eigenvalue weighted by Gasteiger charge is 2.41. The van der Waals surface area contributed by atoms with Crippen molar-refractivity contribution in [1.82, 2.24) is 5.32 Å². The van der Waals surface area contributed by atoms with Crippen LogP contribution in [-0.2, 0) is 0 Å². The Hall–Kier alpha value is -0.120. The second-order valence-electron chi connectivity index (χ2n) is 8.57. The standard InChI is InChI=1S/C21H46N3/c1-6-10-12-19(8-3)14-21-23-15-18(5)16-24(21,22)17-20(9-4)13-11-7-2/h18-21,23H,6-17,22H2,1-5H3/q+1. The highest BCUT2D eigenvalue weighted by molar-refractivity contribution is 4.73. The van der Waals surface area contributed by atoms with Crippen molar-refractivity contribution in [1.29, 1.82) is 0 Å². The Morgan fingerprint density at radius 2 is 1.58 bits per heavy atom. The van der Waals surface area contributed by atoms with Gasteiger partial charge in [-0.25, -0.2) is 4.59 Å². The van der Waals surface area contributed by atoms with E-state index in [0.29, 0.717) is 12.1 Å². The number of hydrogen-bond acceptors (Lipinski definition) is 2. The predicted octanol–water partition coefficient (Wildman–Crippen LogP) is 5.07. The molecule has 3 nitrogen and oxygen atoms in total. The first-order valence-corrected chi connectivity index (χ1v) is 10.9. The van der Waals surface area contributed by atoms with Crippen LogP contribution in [0.3, 0.4) is 0 Å². The summed E-state index contributed by atoms with van der Waals surface area (Å²) in [4.78, 5) is 0. The van der Waals surface area contributed by atoms with E-state index in [1.54, 1.807) is 0 Å². The molecule has 1 heterocycles. The second kappa shape index (κ2) is 11.5. The van der Waals surface area contributed by atoms with E-state index < -0.39 is 0 Å². The summed E-state index contributed by atoms with van der Waals surface area (Å²) in [5.41, 5.74) is 0. The molecule has 144 valence electrons. The normalized spacial score (nSPS) is 30.2. The average Bonchev–Trinajstić information content (AvgIpc) is 2.57. The van der Waals surface area contributed by atoms with Crippen molar-refractivity contribution >= 4 is 0 Å². The van der Waals surface area contributed by atoms with E-state index >= 15 is 0 Å². The van der Waals surface area contributed by atoms with Crippen LogP contribution in [-0.4, -0.2) is 30.4 Å². The van der Waals surface area contributed by atoms with Gasteiger partial charge in [0.15, 0.2) is 6.17 Å². The van der Waals surface area contributed by atoms with Gasteiger partial charge in [0.2, 0.25) is 0 Å². The maximum atomic E-state index is 7.05. The number of rotatable bonds is 12. The van der Waals surface area contributed by atoms with Crippen LogP contribution in [0.1, 0.15) is 92.4 Å². The molecule has 0 aromatic heterocycles. The first-order valence-electron chi connectivity index (χ1n) is 10.9. The van der Waals surface area contributed by atoms with Gasteiger partial charge >= 0.3 is 0 Å². The predicted molar refractivity (Wildman–Crippen MR) is 106 cm³/mol. The van der Waals surface area contributed by atoms with Gasteiger partial charge in [0, 0.05) is 24.8 Å². The molecular formula is C21H46N3+. The third-order valence-electron chi connectivity index (χ3n) is 6.22. The summed E-state index contributed by atoms with van der Waals surface area (Å²) in [7, 11) is 0. The van der Waals surface area contributed by atoms with Crippen molar-refractivity contribution in [3.63, 3.8) is 0 Å². The molecule has 0 aliphatic carbocycles. The van der Waals surface area contributed by atoms with Crippen LogP contribution in [0.25, 0.3) is 0 Å². The van der Waals surface area contributed by atoms with Gasteiger partial charge in [-0.1, -0.05) is 73.1 Å². The molecular weight excluding hydrogens is 294 g/mol. The van der Waals surface area contributed by atoms with Gasteiger partial charge in [-0.15, -0.1) is 0 Å². The summed E-state index contributed by atoms with van der Waals surface area (Å²) >= 11 is 0. The monoisotopic (exact) mass is 340 g/mol. The Morgan fingerprint density at radius 1 is 1.00 bits per heavy atom. The highest BCUT2D eigenvalue weighted by atomic mass is 15.6. The third-order valence-corrected chi connectivity index (χ3v) is 6.22. The molecule has 5 atom stereocenters. The van der Waals surface area contributed by atoms with Crippen molar-refractivity contribution in [3.05, 3.63) is 0 Å². The largest absolute Gasteiger partial charge is 0.266 e. The number of nitrogens with two attached hydrogens (primary N) is 1. The first kappa shape index (κ1) is 21.9. The Balaban J connectivity index is 2.74. The van der Waals surface area contributed by atoms with Crippen molar-refractivity contribution < 1.29 is 4.59 Å². The Labute approximate surface area is 152 Å². The van der Waals surface area contributed by atoms with Gasteiger partial charge in [0.25, 0.3) is 0 Å². The molecule has 0 radical (unpaired) electrons. The zero-order chi connectivity index (χ0) is 18.0. The Kier molecular flexibility index (Phi) is 10.5. The molecule has 24 heavy (non-hydrogen) atoms. The zero-order valence-electron chi connectivity index (χ0n) is 17.3. The van der Waals surface area contributed by atoms with E-state index in [0.717, 1.165) is 36.1 Å². The molecule has 3 heteroatoms. The molecule has 1 saturated heterocycles. The smallest absolute Gasteiger partial charge is 0.160 e. The Morgan fingerprint density at radius 3 is 2.12 bits per heavy atom. The molecule has 0 aromatic carbocycles. The molecule has 1 aliphatic heterocycles. The van der Waals surface area contributed by atoms with Crippen LogP contribution < -0.4 is 11.2 Å². The lowest BCUT2D eigenvalue weighted by Crippen LogP contribution is -2.72. The molecule has 1 fully saturated rings. The van der Waals surface area contributed by atoms with E-state index in [1.165, 1.54) is 57.8 Å². The van der Waals surface area contributed by atoms with Crippen LogP contribution in [0.15, 0.2) is 0 Å². The molecule has 0 spiro atoms. The van der Waals surface area contributed by atoms with Crippen LogP contribution in [0.2, 0.25) is 0 Å². The molecule has 1 rings (SSSR count). The average molecular weight is 341 g/mol. The van der Waals surface area contributed by atoms with Gasteiger partial charge in [0.1, 0.15) is 13.1 Å². The number of quaternary nitrogens is 1. The van der Waals surface area contributed by atoms with Crippen molar-refractivity contribution in [3.8, 4) is 0 Å². The molecule has 0 amide bonds. The van der Waals surface area contributed by atoms with Gasteiger partial charge in [-0.05, 0) is 18.8 Å². The zero-order valence-corrected chi connectivity index (χ0v) is 17.3. The van der Waals surface area contributed by atoms with E-state index in [1.807, 2.05) is 0 Å². The lowest BCUT2D eigenvalue weighted by molar-refractivity contribution is -0.976. The molecule has 5 unspecified atom stereocenters. The molecule has 0 aromatic rings. The third kappa shape index (κ3) is 7.01. The van der Waals surface area contributed by atoms with E-state index in [4.69, 9.17) is 5.84 Å². The number of nitrogens with zero attached hydrogens (tertiary/aromatic N) is 1. The SMILES string of the molecule is CCCCC(CC)CC1NCC(C)C[N+]1(N)CC(CC)CCCC. The lowest BCUT2D eigenvalue weighted by atomic mass is 9.90. The topological polar surface area (TPSA) is 38.0 Å². The van der Waals surface area contributed by atoms with Gasteiger partial charge in [-0.2, -0.15) is 5.84 Å². The summed E-state index contributed by atoms with van der Waals surface area (Å²) in [6, 6.07) is 0. The fourth-order valence-corrected chi connectivity index (χ4v) is 4.48. The lowest BCUT2D eigenvalue weighted by Gasteiger charge is -2.48. The maximum absolute atomic E-state index is 7.05. The number of unbranched alkanes of at least 4 members (excludes halogenated alkanes) is 2. The Bertz CT molecular complexity index is 320. The number of nitrogens with one attached hydrogen (secondary N) is 1. The summed E-state index contributed by atoms with van der Waals surface area (Å²) < 4.78 is 0.770. The van der Waals surface area contributed by atoms with Crippen LogP contribution >= 0.6 is 0 Å². The second-order valence-corrected chi connectivity index (χ2v) is 8.57. The highest BCUT2D eigenvalue weighted by Crippen LogP contribution is 2.28. The fraction of sp³-hybridized carbons (Fsp3) is 1.00. The van der Waals surface area contributed by atoms with Gasteiger partial charge < -0.3 is 0 Å². The van der Waals surface area contributed by atoms with Crippen LogP contribution in [0.5, 0.6) is 0 Å². The van der Waals surface area contributed by atoms with Crippen molar-refractivity contribution in [2.75, 3.05) is 19.6 Å². The molecule has 0 bridgehead atoms. The molecule has 3 N–H and O–H groups in total. The summed E-state index contributed by atoms with van der Waals surface area (Å²) in [6.07, 6.45) is 12.3. The van der Waals surface area contributed by atoms with Gasteiger partial charge in [-0.3, -0.25) is 5.32 Å². The van der Waals surface area contributed by atoms with Gasteiger partial charge in [0.05, 0.1) is 0 Å². The van der Waals surface area contributed by atoms with Crippen molar-refractivity contribution in [2.45, 2.75) is 98.6 Å². The summed E-state index contributed by atoms with van der Waals surface area (Å²) in [6.45, 7) is 15.1. The quantitative estimate of drug-likeness (QED) is 0.385. The van der Waals surface area contributed by atoms with E-state index in [-0.39, 0.29) is 0 Å². The molecule has 0 saturated carbocycles. The fourth-order valence-electron chi connectivity index (χ4n) is 4.48. The maximum Gasteiger partial charge on any atom is 0.160 e. The summed E-state index contributed by atoms with van der Waals surface area (Å²) in [5, 5.41) is 3.83. The summed E-state index contributed by atoms with van der Waals surface area (Å²) in [5.74, 6) is 9.34.